The van der Waals surface area contributed by atoms with Gasteiger partial charge in [0.25, 0.3) is 0 Å². The molecule has 1 aromatic rings. The third kappa shape index (κ3) is 2.25. The van der Waals surface area contributed by atoms with Gasteiger partial charge >= 0.3 is 7.12 Å². The minimum atomic E-state index is -0.893. The second-order valence-electron chi connectivity index (χ2n) is 2.40. The predicted molar refractivity (Wildman–Crippen MR) is 47.3 cm³/mol. The zero-order valence-electron chi connectivity index (χ0n) is 6.90. The highest BCUT2D eigenvalue weighted by atomic mass is 16.5. The topological polar surface area (TPSA) is 49.7 Å². The van der Waals surface area contributed by atoms with Crippen molar-refractivity contribution in [2.75, 3.05) is 6.61 Å². The fraction of sp³-hybridized carbons (Fsp3) is 0.250. The van der Waals surface area contributed by atoms with Crippen molar-refractivity contribution in [1.29, 1.82) is 0 Å². The molecule has 4 heteroatoms. The summed E-state index contributed by atoms with van der Waals surface area (Å²) in [6, 6.07) is 6.26. The first kappa shape index (κ1) is 9.10. The average Bonchev–Trinajstić information content (AvgIpc) is 2.06. The molecule has 3 nitrogen and oxygen atoms in total. The fourth-order valence-corrected chi connectivity index (χ4v) is 0.893. The molecule has 1 aromatic carbocycles. The van der Waals surface area contributed by atoms with E-state index in [9.17, 15) is 5.02 Å². The molecule has 0 unspecified atom stereocenters. The molecule has 0 saturated carbocycles. The number of hydrogen-bond donors (Lipinski definition) is 2. The molecule has 0 amide bonds. The van der Waals surface area contributed by atoms with Crippen molar-refractivity contribution < 1.29 is 14.8 Å². The fourth-order valence-electron chi connectivity index (χ4n) is 0.893. The van der Waals surface area contributed by atoms with Gasteiger partial charge in [0.2, 0.25) is 0 Å². The minimum Gasteiger partial charge on any atom is -0.508 e. The first-order valence-corrected chi connectivity index (χ1v) is 3.82. The van der Waals surface area contributed by atoms with Gasteiger partial charge in [0.1, 0.15) is 5.75 Å². The van der Waals surface area contributed by atoms with Crippen molar-refractivity contribution in [3.63, 3.8) is 0 Å². The molecule has 0 aliphatic carbocycles. The zero-order valence-corrected chi connectivity index (χ0v) is 6.90. The van der Waals surface area contributed by atoms with Crippen molar-refractivity contribution in [2.45, 2.75) is 6.92 Å². The second-order valence-corrected chi connectivity index (χ2v) is 2.40. The molecule has 0 radical (unpaired) electrons. The van der Waals surface area contributed by atoms with Crippen LogP contribution >= 0.6 is 0 Å². The largest absolute Gasteiger partial charge is 0.508 e. The summed E-state index contributed by atoms with van der Waals surface area (Å²) in [5.74, 6) is 0.183. The van der Waals surface area contributed by atoms with Gasteiger partial charge < -0.3 is 14.8 Å². The first-order chi connectivity index (χ1) is 5.74. The SMILES string of the molecule is CCOB(O)c1ccc(O)cc1. The summed E-state index contributed by atoms with van der Waals surface area (Å²) >= 11 is 0. The molecule has 2 N–H and O–H groups in total. The summed E-state index contributed by atoms with van der Waals surface area (Å²) in [7, 11) is -0.893. The van der Waals surface area contributed by atoms with E-state index < -0.39 is 7.12 Å². The molecule has 0 atom stereocenters. The van der Waals surface area contributed by atoms with E-state index in [-0.39, 0.29) is 5.75 Å². The van der Waals surface area contributed by atoms with Crippen LogP contribution in [0.25, 0.3) is 0 Å². The lowest BCUT2D eigenvalue weighted by Crippen LogP contribution is -2.33. The van der Waals surface area contributed by atoms with Crippen LogP contribution in [0.3, 0.4) is 0 Å². The van der Waals surface area contributed by atoms with Gasteiger partial charge in [-0.3, -0.25) is 0 Å². The molecule has 0 bridgehead atoms. The van der Waals surface area contributed by atoms with E-state index in [1.807, 2.05) is 6.92 Å². The Morgan fingerprint density at radius 3 is 2.42 bits per heavy atom. The number of hydrogen-bond acceptors (Lipinski definition) is 3. The molecule has 64 valence electrons. The van der Waals surface area contributed by atoms with Gasteiger partial charge in [-0.2, -0.15) is 0 Å². The highest BCUT2D eigenvalue weighted by Crippen LogP contribution is 2.03. The molecule has 0 saturated heterocycles. The molecule has 0 heterocycles. The second kappa shape index (κ2) is 4.14. The Labute approximate surface area is 71.8 Å². The molecule has 0 aromatic heterocycles. The van der Waals surface area contributed by atoms with Crippen molar-refractivity contribution in [3.05, 3.63) is 24.3 Å². The highest BCUT2D eigenvalue weighted by molar-refractivity contribution is 6.59. The number of phenols is 1. The maximum Gasteiger partial charge on any atom is 0.491 e. The molecule has 0 aliphatic rings. The minimum absolute atomic E-state index is 0.183. The number of aromatic hydroxyl groups is 1. The number of rotatable bonds is 3. The molecular weight excluding hydrogens is 155 g/mol. The normalized spacial score (nSPS) is 9.83. The Morgan fingerprint density at radius 2 is 1.92 bits per heavy atom. The lowest BCUT2D eigenvalue weighted by Gasteiger charge is -2.05. The first-order valence-electron chi connectivity index (χ1n) is 3.82. The summed E-state index contributed by atoms with van der Waals surface area (Å²) in [4.78, 5) is 0. The van der Waals surface area contributed by atoms with Gasteiger partial charge in [0, 0.05) is 6.61 Å². The quantitative estimate of drug-likeness (QED) is 0.626. The van der Waals surface area contributed by atoms with Crippen LogP contribution in [0.2, 0.25) is 0 Å². The smallest absolute Gasteiger partial charge is 0.491 e. The van der Waals surface area contributed by atoms with Crippen LogP contribution in [0.15, 0.2) is 24.3 Å². The van der Waals surface area contributed by atoms with Crippen LogP contribution in [0.5, 0.6) is 5.75 Å². The maximum atomic E-state index is 9.31. The number of phenolic OH excluding ortho intramolecular Hbond substituents is 1. The summed E-state index contributed by atoms with van der Waals surface area (Å²) in [5, 5.41) is 18.3. The summed E-state index contributed by atoms with van der Waals surface area (Å²) in [5.41, 5.74) is 0.648. The highest BCUT2D eigenvalue weighted by Gasteiger charge is 2.14. The average molecular weight is 166 g/mol. The Bertz CT molecular complexity index is 235. The summed E-state index contributed by atoms with van der Waals surface area (Å²) < 4.78 is 4.94. The molecular formula is C8H11BO3. The van der Waals surface area contributed by atoms with Crippen molar-refractivity contribution in [3.8, 4) is 5.75 Å². The van der Waals surface area contributed by atoms with Crippen LogP contribution in [0.4, 0.5) is 0 Å². The van der Waals surface area contributed by atoms with E-state index in [4.69, 9.17) is 9.76 Å². The van der Waals surface area contributed by atoms with Crippen molar-refractivity contribution in [1.82, 2.24) is 0 Å². The lowest BCUT2D eigenvalue weighted by atomic mass is 9.80. The molecule has 0 fully saturated rings. The van der Waals surface area contributed by atoms with Gasteiger partial charge in [0.15, 0.2) is 0 Å². The molecule has 0 spiro atoms. The van der Waals surface area contributed by atoms with E-state index in [1.54, 1.807) is 12.1 Å². The van der Waals surface area contributed by atoms with Gasteiger partial charge in [0.05, 0.1) is 0 Å². The molecule has 0 aliphatic heterocycles. The number of benzene rings is 1. The summed E-state index contributed by atoms with van der Waals surface area (Å²) in [6.07, 6.45) is 0. The molecule has 12 heavy (non-hydrogen) atoms. The van der Waals surface area contributed by atoms with E-state index in [1.165, 1.54) is 12.1 Å². The van der Waals surface area contributed by atoms with Crippen LogP contribution < -0.4 is 5.46 Å². The Morgan fingerprint density at radius 1 is 1.33 bits per heavy atom. The Balaban J connectivity index is 2.68. The third-order valence-corrected chi connectivity index (χ3v) is 1.50. The van der Waals surface area contributed by atoms with E-state index >= 15 is 0 Å². The van der Waals surface area contributed by atoms with E-state index in [2.05, 4.69) is 0 Å². The van der Waals surface area contributed by atoms with Crippen LogP contribution in [0, 0.1) is 0 Å². The van der Waals surface area contributed by atoms with Crippen molar-refractivity contribution in [2.24, 2.45) is 0 Å². The Hall–Kier alpha value is -0.995. The van der Waals surface area contributed by atoms with Gasteiger partial charge in [-0.1, -0.05) is 12.1 Å². The van der Waals surface area contributed by atoms with Crippen LogP contribution in [-0.2, 0) is 4.65 Å². The van der Waals surface area contributed by atoms with Gasteiger partial charge in [-0.15, -0.1) is 0 Å². The van der Waals surface area contributed by atoms with E-state index in [0.29, 0.717) is 12.1 Å². The van der Waals surface area contributed by atoms with Crippen molar-refractivity contribution >= 4 is 12.6 Å². The lowest BCUT2D eigenvalue weighted by molar-refractivity contribution is 0.287. The predicted octanol–water partition coefficient (Wildman–Crippen LogP) is 0.116. The Kier molecular flexibility index (Phi) is 3.14. The summed E-state index contributed by atoms with van der Waals surface area (Å²) in [6.45, 7) is 2.27. The third-order valence-electron chi connectivity index (χ3n) is 1.50. The van der Waals surface area contributed by atoms with Crippen LogP contribution in [0.1, 0.15) is 6.92 Å². The zero-order chi connectivity index (χ0) is 8.97. The maximum absolute atomic E-state index is 9.31. The van der Waals surface area contributed by atoms with Crippen LogP contribution in [-0.4, -0.2) is 23.9 Å². The standard InChI is InChI=1S/C8H11BO3/c1-2-12-9(11)7-3-5-8(10)6-4-7/h3-6,10-11H,2H2,1H3. The van der Waals surface area contributed by atoms with Gasteiger partial charge in [-0.25, -0.2) is 0 Å². The monoisotopic (exact) mass is 166 g/mol. The molecule has 1 rings (SSSR count). The van der Waals surface area contributed by atoms with E-state index in [0.717, 1.165) is 0 Å². The van der Waals surface area contributed by atoms with Gasteiger partial charge in [-0.05, 0) is 24.5 Å².